The van der Waals surface area contributed by atoms with E-state index in [0.29, 0.717) is 29.9 Å². The summed E-state index contributed by atoms with van der Waals surface area (Å²) in [5.74, 6) is -0.819. The molecule has 1 amide bonds. The van der Waals surface area contributed by atoms with Crippen molar-refractivity contribution in [3.05, 3.63) is 51.5 Å². The second-order valence-electron chi connectivity index (χ2n) is 6.43. The maximum Gasteiger partial charge on any atom is 0.276 e. The minimum Gasteiger partial charge on any atom is -0.381 e. The third-order valence-electron chi connectivity index (χ3n) is 4.55. The first-order valence-electron chi connectivity index (χ1n) is 8.83. The van der Waals surface area contributed by atoms with E-state index in [-0.39, 0.29) is 11.8 Å². The average molecular weight is 496 g/mol. The number of amides is 1. The number of aromatic nitrogens is 2. The first-order valence-corrected chi connectivity index (χ1v) is 9.91. The van der Waals surface area contributed by atoms with Crippen molar-refractivity contribution in [2.24, 2.45) is 0 Å². The molecular weight excluding hydrogens is 478 g/mol. The van der Waals surface area contributed by atoms with Crippen molar-refractivity contribution < 1.29 is 18.8 Å². The first kappa shape index (κ1) is 19.1. The van der Waals surface area contributed by atoms with Crippen molar-refractivity contribution in [1.29, 1.82) is 0 Å². The Balaban J connectivity index is 1.62. The van der Waals surface area contributed by atoms with Crippen LogP contribution in [-0.4, -0.2) is 35.4 Å². The van der Waals surface area contributed by atoms with Gasteiger partial charge in [-0.2, -0.15) is 5.10 Å². The highest BCUT2D eigenvalue weighted by Gasteiger charge is 2.20. The minimum atomic E-state index is -0.414. The zero-order chi connectivity index (χ0) is 19.5. The van der Waals surface area contributed by atoms with Crippen LogP contribution < -0.4 is 10.8 Å². The number of rotatable bonds is 5. The van der Waals surface area contributed by atoms with Gasteiger partial charge in [-0.25, -0.2) is 9.87 Å². The molecule has 28 heavy (non-hydrogen) atoms. The van der Waals surface area contributed by atoms with Crippen LogP contribution >= 0.6 is 22.6 Å². The maximum atomic E-state index is 14.4. The largest absolute Gasteiger partial charge is 0.381 e. The molecule has 1 aliphatic rings. The number of ether oxygens (including phenoxy) is 1. The average Bonchev–Trinajstić information content (AvgIpc) is 3.18. The highest BCUT2D eigenvalue weighted by atomic mass is 127. The molecule has 1 aliphatic heterocycles. The van der Waals surface area contributed by atoms with Crippen LogP contribution in [0.4, 0.5) is 15.8 Å². The summed E-state index contributed by atoms with van der Waals surface area (Å²) in [5, 5.41) is 10.6. The Morgan fingerprint density at radius 2 is 2.11 bits per heavy atom. The second kappa shape index (κ2) is 8.41. The smallest absolute Gasteiger partial charge is 0.276 e. The summed E-state index contributed by atoms with van der Waals surface area (Å²) < 4.78 is 20.4. The number of H-pyrrole nitrogens is 1. The number of halogens is 2. The van der Waals surface area contributed by atoms with Crippen LogP contribution in [0.5, 0.6) is 0 Å². The van der Waals surface area contributed by atoms with Crippen LogP contribution in [0.15, 0.2) is 36.5 Å². The number of carbonyl (C=O) groups excluding carboxylic acids is 1. The third kappa shape index (κ3) is 4.10. The lowest BCUT2D eigenvalue weighted by Gasteiger charge is -2.22. The number of fused-ring (bicyclic) bond motifs is 1. The van der Waals surface area contributed by atoms with Gasteiger partial charge in [-0.3, -0.25) is 14.7 Å². The van der Waals surface area contributed by atoms with Gasteiger partial charge in [0, 0.05) is 22.2 Å². The van der Waals surface area contributed by atoms with Crippen LogP contribution in [0.25, 0.3) is 10.9 Å². The number of anilines is 2. The Kier molecular flexibility index (Phi) is 5.74. The van der Waals surface area contributed by atoms with Crippen molar-refractivity contribution in [3.63, 3.8) is 0 Å². The van der Waals surface area contributed by atoms with E-state index in [1.807, 2.05) is 22.6 Å². The summed E-state index contributed by atoms with van der Waals surface area (Å²) in [6.07, 6.45) is 2.96. The van der Waals surface area contributed by atoms with E-state index < -0.39 is 11.7 Å². The molecule has 9 heteroatoms. The molecule has 7 nitrogen and oxygen atoms in total. The van der Waals surface area contributed by atoms with E-state index >= 15 is 0 Å². The standard InChI is InChI=1S/C19H18FIN4O3/c20-15-9-11(21)1-3-17(15)23-18-13(2-4-16-14(18)10-22-24-16)19(26)25-28-12-5-7-27-8-6-12/h1-4,9-10,12,23H,5-8H2,(H,22,24)(H,25,26). The Bertz CT molecular complexity index is 1000. The maximum absolute atomic E-state index is 14.4. The summed E-state index contributed by atoms with van der Waals surface area (Å²) in [4.78, 5) is 18.3. The van der Waals surface area contributed by atoms with Gasteiger partial charge in [0.25, 0.3) is 5.91 Å². The van der Waals surface area contributed by atoms with Crippen molar-refractivity contribution in [1.82, 2.24) is 15.7 Å². The molecule has 146 valence electrons. The molecule has 0 unspecified atom stereocenters. The molecule has 0 spiro atoms. The topological polar surface area (TPSA) is 88.3 Å². The summed E-state index contributed by atoms with van der Waals surface area (Å²) in [7, 11) is 0. The zero-order valence-corrected chi connectivity index (χ0v) is 17.0. The third-order valence-corrected chi connectivity index (χ3v) is 5.22. The van der Waals surface area contributed by atoms with E-state index in [9.17, 15) is 9.18 Å². The molecule has 2 heterocycles. The lowest BCUT2D eigenvalue weighted by atomic mass is 10.1. The predicted molar refractivity (Wildman–Crippen MR) is 111 cm³/mol. The number of nitrogens with zero attached hydrogens (tertiary/aromatic N) is 1. The van der Waals surface area contributed by atoms with Crippen molar-refractivity contribution in [2.45, 2.75) is 18.9 Å². The van der Waals surface area contributed by atoms with Crippen LogP contribution in [0.2, 0.25) is 0 Å². The molecule has 0 bridgehead atoms. The zero-order valence-electron chi connectivity index (χ0n) is 14.8. The monoisotopic (exact) mass is 496 g/mol. The Hall–Kier alpha value is -2.24. The molecule has 0 radical (unpaired) electrons. The fourth-order valence-electron chi connectivity index (χ4n) is 3.05. The van der Waals surface area contributed by atoms with Crippen LogP contribution in [0.1, 0.15) is 23.2 Å². The van der Waals surface area contributed by atoms with Gasteiger partial charge in [-0.15, -0.1) is 0 Å². The van der Waals surface area contributed by atoms with Crippen molar-refractivity contribution >= 4 is 50.8 Å². The number of hydrogen-bond acceptors (Lipinski definition) is 5. The van der Waals surface area contributed by atoms with Gasteiger partial charge in [-0.1, -0.05) is 0 Å². The van der Waals surface area contributed by atoms with Gasteiger partial charge >= 0.3 is 0 Å². The number of carbonyl (C=O) groups is 1. The number of aromatic amines is 1. The molecule has 0 atom stereocenters. The molecule has 2 aromatic carbocycles. The Labute approximate surface area is 174 Å². The first-order chi connectivity index (χ1) is 13.6. The normalized spacial score (nSPS) is 14.9. The molecule has 3 aromatic rings. The molecular formula is C19H18FIN4O3. The molecule has 1 aromatic heterocycles. The lowest BCUT2D eigenvalue weighted by Crippen LogP contribution is -2.33. The van der Waals surface area contributed by atoms with Gasteiger partial charge in [0.15, 0.2) is 0 Å². The number of hydroxylamine groups is 1. The highest BCUT2D eigenvalue weighted by molar-refractivity contribution is 14.1. The van der Waals surface area contributed by atoms with Crippen LogP contribution in [0.3, 0.4) is 0 Å². The molecule has 0 saturated carbocycles. The fourth-order valence-corrected chi connectivity index (χ4v) is 3.51. The molecule has 1 fully saturated rings. The SMILES string of the molecule is O=C(NOC1CCOCC1)c1ccc2[nH]ncc2c1Nc1ccc(I)cc1F. The summed E-state index contributed by atoms with van der Waals surface area (Å²) in [5.41, 5.74) is 4.31. The summed E-state index contributed by atoms with van der Waals surface area (Å²) in [6.45, 7) is 1.22. The Morgan fingerprint density at radius 3 is 2.89 bits per heavy atom. The van der Waals surface area contributed by atoms with E-state index in [4.69, 9.17) is 9.57 Å². The quantitative estimate of drug-likeness (QED) is 0.369. The van der Waals surface area contributed by atoms with E-state index in [2.05, 4.69) is 21.0 Å². The van der Waals surface area contributed by atoms with Crippen LogP contribution in [0, 0.1) is 9.39 Å². The highest BCUT2D eigenvalue weighted by Crippen LogP contribution is 2.31. The molecule has 0 aliphatic carbocycles. The van der Waals surface area contributed by atoms with Gasteiger partial charge in [0.05, 0.1) is 34.8 Å². The number of nitrogens with one attached hydrogen (secondary N) is 3. The van der Waals surface area contributed by atoms with Gasteiger partial charge in [0.1, 0.15) is 5.82 Å². The summed E-state index contributed by atoms with van der Waals surface area (Å²) >= 11 is 2.04. The van der Waals surface area contributed by atoms with Crippen molar-refractivity contribution in [3.8, 4) is 0 Å². The van der Waals surface area contributed by atoms with E-state index in [0.717, 1.165) is 21.9 Å². The lowest BCUT2D eigenvalue weighted by molar-refractivity contribution is -0.0673. The van der Waals surface area contributed by atoms with E-state index in [1.165, 1.54) is 6.07 Å². The van der Waals surface area contributed by atoms with Gasteiger partial charge < -0.3 is 10.1 Å². The van der Waals surface area contributed by atoms with Gasteiger partial charge in [0.2, 0.25) is 0 Å². The Morgan fingerprint density at radius 1 is 1.29 bits per heavy atom. The number of hydrogen-bond donors (Lipinski definition) is 3. The minimum absolute atomic E-state index is 0.0830. The number of benzene rings is 2. The fraction of sp³-hybridized carbons (Fsp3) is 0.263. The van der Waals surface area contributed by atoms with Crippen LogP contribution in [-0.2, 0) is 9.57 Å². The van der Waals surface area contributed by atoms with Gasteiger partial charge in [-0.05, 0) is 65.8 Å². The molecule has 4 rings (SSSR count). The second-order valence-corrected chi connectivity index (χ2v) is 7.67. The van der Waals surface area contributed by atoms with E-state index in [1.54, 1.807) is 30.5 Å². The summed E-state index contributed by atoms with van der Waals surface area (Å²) in [6, 6.07) is 8.25. The molecule has 1 saturated heterocycles. The molecule has 3 N–H and O–H groups in total. The predicted octanol–water partition coefficient (Wildman–Crippen LogP) is 3.89. The van der Waals surface area contributed by atoms with Crippen molar-refractivity contribution in [2.75, 3.05) is 18.5 Å².